The first kappa shape index (κ1) is 13.0. The molecule has 0 spiro atoms. The minimum Gasteiger partial charge on any atom is -0.389 e. The predicted octanol–water partition coefficient (Wildman–Crippen LogP) is 4.53. The van der Waals surface area contributed by atoms with Gasteiger partial charge in [-0.2, -0.15) is 0 Å². The smallest absolute Gasteiger partial charge is 0.0704 e. The summed E-state index contributed by atoms with van der Waals surface area (Å²) in [4.78, 5) is 0. The van der Waals surface area contributed by atoms with Gasteiger partial charge in [0.05, 0.1) is 5.60 Å². The molecule has 0 radical (unpaired) electrons. The highest BCUT2D eigenvalue weighted by atomic mass is 16.3. The average molecular weight is 250 g/mol. The van der Waals surface area contributed by atoms with Crippen molar-refractivity contribution in [3.05, 3.63) is 0 Å². The van der Waals surface area contributed by atoms with Crippen molar-refractivity contribution in [1.29, 1.82) is 0 Å². The van der Waals surface area contributed by atoms with Crippen LogP contribution in [-0.2, 0) is 0 Å². The number of hydrogen-bond acceptors (Lipinski definition) is 1. The van der Waals surface area contributed by atoms with Crippen LogP contribution in [0.2, 0.25) is 0 Å². The van der Waals surface area contributed by atoms with E-state index in [2.05, 4.69) is 6.92 Å². The molecule has 104 valence electrons. The molecule has 0 aromatic rings. The van der Waals surface area contributed by atoms with E-state index in [0.717, 1.165) is 18.3 Å². The molecule has 0 amide bonds. The molecule has 0 saturated heterocycles. The molecule has 0 unspecified atom stereocenters. The molecule has 0 aromatic heterocycles. The summed E-state index contributed by atoms with van der Waals surface area (Å²) in [5, 5.41) is 11.1. The summed E-state index contributed by atoms with van der Waals surface area (Å²) in [5.74, 6) is 3.29. The second-order valence-corrected chi connectivity index (χ2v) is 7.46. The van der Waals surface area contributed by atoms with Crippen LogP contribution >= 0.6 is 0 Å². The van der Waals surface area contributed by atoms with E-state index in [-0.39, 0.29) is 5.60 Å². The van der Waals surface area contributed by atoms with Crippen LogP contribution in [-0.4, -0.2) is 10.7 Å². The molecule has 0 atom stereocenters. The molecular weight excluding hydrogens is 220 g/mol. The Morgan fingerprint density at radius 2 is 1.39 bits per heavy atom. The third-order valence-electron chi connectivity index (χ3n) is 6.23. The minimum atomic E-state index is -0.250. The Kier molecular flexibility index (Phi) is 3.71. The molecule has 0 heterocycles. The van der Waals surface area contributed by atoms with Crippen LogP contribution in [0.3, 0.4) is 0 Å². The van der Waals surface area contributed by atoms with E-state index in [1.54, 1.807) is 0 Å². The van der Waals surface area contributed by atoms with Gasteiger partial charge in [0.15, 0.2) is 0 Å². The molecule has 0 aromatic carbocycles. The topological polar surface area (TPSA) is 20.2 Å². The molecule has 4 aliphatic carbocycles. The van der Waals surface area contributed by atoms with E-state index in [4.69, 9.17) is 0 Å². The van der Waals surface area contributed by atoms with Crippen molar-refractivity contribution in [2.45, 2.75) is 83.2 Å². The largest absolute Gasteiger partial charge is 0.389 e. The van der Waals surface area contributed by atoms with E-state index in [1.807, 2.05) is 0 Å². The van der Waals surface area contributed by atoms with Gasteiger partial charge < -0.3 is 5.11 Å². The van der Waals surface area contributed by atoms with E-state index >= 15 is 0 Å². The Labute approximate surface area is 112 Å². The zero-order valence-corrected chi connectivity index (χ0v) is 12.0. The van der Waals surface area contributed by atoms with Crippen molar-refractivity contribution < 1.29 is 5.11 Å². The molecule has 1 heteroatoms. The van der Waals surface area contributed by atoms with Crippen LogP contribution in [0.1, 0.15) is 77.6 Å². The lowest BCUT2D eigenvalue weighted by molar-refractivity contribution is -0.176. The van der Waals surface area contributed by atoms with Gasteiger partial charge in [-0.3, -0.25) is 0 Å². The summed E-state index contributed by atoms with van der Waals surface area (Å²) in [5.41, 5.74) is -0.250. The van der Waals surface area contributed by atoms with Gasteiger partial charge in [0.25, 0.3) is 0 Å². The molecule has 0 aliphatic heterocycles. The number of hydrogen-bond donors (Lipinski definition) is 1. The van der Waals surface area contributed by atoms with Crippen LogP contribution in [0.25, 0.3) is 0 Å². The fourth-order valence-electron chi connectivity index (χ4n) is 5.42. The Balaban J connectivity index is 1.54. The molecule has 4 saturated carbocycles. The van der Waals surface area contributed by atoms with Gasteiger partial charge in [-0.05, 0) is 62.2 Å². The summed E-state index contributed by atoms with van der Waals surface area (Å²) in [6, 6.07) is 0. The number of aliphatic hydroxyl groups is 1. The average Bonchev–Trinajstić information content (AvgIpc) is 2.35. The van der Waals surface area contributed by atoms with Gasteiger partial charge in [-0.25, -0.2) is 0 Å². The molecule has 4 fully saturated rings. The number of unbranched alkanes of at least 4 members (excludes halogenated alkanes) is 4. The first-order valence-electron chi connectivity index (χ1n) is 8.44. The highest BCUT2D eigenvalue weighted by Crippen LogP contribution is 2.59. The maximum atomic E-state index is 11.1. The lowest BCUT2D eigenvalue weighted by Gasteiger charge is -2.59. The van der Waals surface area contributed by atoms with Crippen LogP contribution in [0.5, 0.6) is 0 Å². The van der Waals surface area contributed by atoms with Crippen molar-refractivity contribution in [1.82, 2.24) is 0 Å². The Morgan fingerprint density at radius 1 is 0.833 bits per heavy atom. The SMILES string of the molecule is CCCCCCCC1(O)C2CC3CC(C2)CC1C3. The van der Waals surface area contributed by atoms with Crippen LogP contribution in [0.15, 0.2) is 0 Å². The van der Waals surface area contributed by atoms with Gasteiger partial charge in [-0.1, -0.05) is 39.0 Å². The van der Waals surface area contributed by atoms with Gasteiger partial charge in [0, 0.05) is 0 Å². The molecule has 4 aliphatic rings. The van der Waals surface area contributed by atoms with Crippen LogP contribution < -0.4 is 0 Å². The lowest BCUT2D eigenvalue weighted by atomic mass is 9.49. The van der Waals surface area contributed by atoms with Crippen molar-refractivity contribution in [2.75, 3.05) is 0 Å². The first-order chi connectivity index (χ1) is 8.72. The summed E-state index contributed by atoms with van der Waals surface area (Å²) >= 11 is 0. The fourth-order valence-corrected chi connectivity index (χ4v) is 5.42. The Hall–Kier alpha value is -0.0400. The quantitative estimate of drug-likeness (QED) is 0.686. The molecule has 4 bridgehead atoms. The molecule has 1 N–H and O–H groups in total. The Morgan fingerprint density at radius 3 is 1.94 bits per heavy atom. The minimum absolute atomic E-state index is 0.250. The maximum Gasteiger partial charge on any atom is 0.0704 e. The second kappa shape index (κ2) is 5.15. The van der Waals surface area contributed by atoms with Gasteiger partial charge in [0.1, 0.15) is 0 Å². The summed E-state index contributed by atoms with van der Waals surface area (Å²) in [6.07, 6.45) is 14.6. The Bertz CT molecular complexity index is 255. The van der Waals surface area contributed by atoms with E-state index in [0.29, 0.717) is 11.8 Å². The number of rotatable bonds is 6. The lowest BCUT2D eigenvalue weighted by Crippen LogP contribution is -2.57. The highest BCUT2D eigenvalue weighted by molar-refractivity contribution is 5.06. The second-order valence-electron chi connectivity index (χ2n) is 7.46. The molecular formula is C17H30O. The predicted molar refractivity (Wildman–Crippen MR) is 75.4 cm³/mol. The standard InChI is InChI=1S/C17H30O/c1-2-3-4-5-6-7-17(18)15-9-13-8-14(11-15)12-16(17)10-13/h13-16,18H,2-12H2,1H3. The van der Waals surface area contributed by atoms with Crippen molar-refractivity contribution >= 4 is 0 Å². The maximum absolute atomic E-state index is 11.1. The summed E-state index contributed by atoms with van der Waals surface area (Å²) in [7, 11) is 0. The van der Waals surface area contributed by atoms with E-state index in [9.17, 15) is 5.11 Å². The normalized spacial score (nSPS) is 45.7. The summed E-state index contributed by atoms with van der Waals surface area (Å²) in [6.45, 7) is 2.27. The van der Waals surface area contributed by atoms with Crippen molar-refractivity contribution in [3.8, 4) is 0 Å². The molecule has 1 nitrogen and oxygen atoms in total. The first-order valence-corrected chi connectivity index (χ1v) is 8.44. The monoisotopic (exact) mass is 250 g/mol. The highest BCUT2D eigenvalue weighted by Gasteiger charge is 2.55. The third kappa shape index (κ3) is 2.24. The van der Waals surface area contributed by atoms with E-state index < -0.39 is 0 Å². The van der Waals surface area contributed by atoms with Gasteiger partial charge in [-0.15, -0.1) is 0 Å². The van der Waals surface area contributed by atoms with Gasteiger partial charge in [0.2, 0.25) is 0 Å². The molecule has 18 heavy (non-hydrogen) atoms. The van der Waals surface area contributed by atoms with Crippen molar-refractivity contribution in [2.24, 2.45) is 23.7 Å². The van der Waals surface area contributed by atoms with Gasteiger partial charge >= 0.3 is 0 Å². The molecule has 4 rings (SSSR count). The zero-order chi connectivity index (χ0) is 12.6. The zero-order valence-electron chi connectivity index (χ0n) is 12.0. The third-order valence-corrected chi connectivity index (χ3v) is 6.23. The fraction of sp³-hybridized carbons (Fsp3) is 1.00. The van der Waals surface area contributed by atoms with Crippen molar-refractivity contribution in [3.63, 3.8) is 0 Å². The summed E-state index contributed by atoms with van der Waals surface area (Å²) < 4.78 is 0. The van der Waals surface area contributed by atoms with Crippen LogP contribution in [0.4, 0.5) is 0 Å². The van der Waals surface area contributed by atoms with E-state index in [1.165, 1.54) is 64.2 Å². The van der Waals surface area contributed by atoms with Crippen LogP contribution in [0, 0.1) is 23.7 Å².